The third-order valence-corrected chi connectivity index (χ3v) is 1.94. The standard InChI is InChI=1S/C12H14O3/c1-3-4-7-15-11-8-9(2)5-6-10(11)12(13)14/h3-6,8H,7H2,1-2H3,(H,13,14)/b4-3+. The number of allylic oxidation sites excluding steroid dienone is 1. The van der Waals surface area contributed by atoms with Crippen molar-refractivity contribution in [3.05, 3.63) is 41.5 Å². The summed E-state index contributed by atoms with van der Waals surface area (Å²) in [5, 5.41) is 8.92. The van der Waals surface area contributed by atoms with Gasteiger partial charge in [0, 0.05) is 0 Å². The first-order valence-corrected chi connectivity index (χ1v) is 4.73. The highest BCUT2D eigenvalue weighted by Crippen LogP contribution is 2.20. The zero-order valence-corrected chi connectivity index (χ0v) is 8.86. The van der Waals surface area contributed by atoms with Crippen LogP contribution in [-0.2, 0) is 0 Å². The molecule has 0 aliphatic heterocycles. The second kappa shape index (κ2) is 5.20. The average molecular weight is 206 g/mol. The summed E-state index contributed by atoms with van der Waals surface area (Å²) < 4.78 is 5.35. The van der Waals surface area contributed by atoms with Crippen molar-refractivity contribution >= 4 is 5.97 Å². The molecule has 3 nitrogen and oxygen atoms in total. The Kier molecular flexibility index (Phi) is 3.92. The van der Waals surface area contributed by atoms with E-state index >= 15 is 0 Å². The second-order valence-corrected chi connectivity index (χ2v) is 3.18. The molecule has 0 radical (unpaired) electrons. The molecule has 0 atom stereocenters. The van der Waals surface area contributed by atoms with E-state index in [1.165, 1.54) is 0 Å². The Morgan fingerprint density at radius 1 is 1.53 bits per heavy atom. The van der Waals surface area contributed by atoms with Crippen LogP contribution in [0.2, 0.25) is 0 Å². The van der Waals surface area contributed by atoms with Gasteiger partial charge in [0.25, 0.3) is 0 Å². The van der Waals surface area contributed by atoms with Gasteiger partial charge in [-0.3, -0.25) is 0 Å². The first-order valence-electron chi connectivity index (χ1n) is 4.73. The van der Waals surface area contributed by atoms with Crippen molar-refractivity contribution in [2.24, 2.45) is 0 Å². The van der Waals surface area contributed by atoms with E-state index in [-0.39, 0.29) is 5.56 Å². The number of carboxylic acids is 1. The zero-order valence-electron chi connectivity index (χ0n) is 8.86. The molecule has 0 unspecified atom stereocenters. The maximum Gasteiger partial charge on any atom is 0.339 e. The van der Waals surface area contributed by atoms with Gasteiger partial charge in [0.1, 0.15) is 17.9 Å². The highest BCUT2D eigenvalue weighted by Gasteiger charge is 2.10. The van der Waals surface area contributed by atoms with Crippen LogP contribution in [0.25, 0.3) is 0 Å². The summed E-state index contributed by atoms with van der Waals surface area (Å²) in [6.07, 6.45) is 3.68. The minimum absolute atomic E-state index is 0.199. The van der Waals surface area contributed by atoms with Crippen LogP contribution in [-0.4, -0.2) is 17.7 Å². The zero-order chi connectivity index (χ0) is 11.3. The maximum atomic E-state index is 10.9. The second-order valence-electron chi connectivity index (χ2n) is 3.18. The van der Waals surface area contributed by atoms with Crippen LogP contribution in [0.15, 0.2) is 30.4 Å². The number of aromatic carboxylic acids is 1. The van der Waals surface area contributed by atoms with Crippen LogP contribution in [0.5, 0.6) is 5.75 Å². The molecule has 1 aromatic carbocycles. The minimum Gasteiger partial charge on any atom is -0.489 e. The van der Waals surface area contributed by atoms with Crippen LogP contribution in [0.4, 0.5) is 0 Å². The lowest BCUT2D eigenvalue weighted by molar-refractivity contribution is 0.0693. The van der Waals surface area contributed by atoms with E-state index in [4.69, 9.17) is 9.84 Å². The van der Waals surface area contributed by atoms with Gasteiger partial charge in [-0.25, -0.2) is 4.79 Å². The molecule has 0 amide bonds. The van der Waals surface area contributed by atoms with Crippen LogP contribution < -0.4 is 4.74 Å². The number of rotatable bonds is 4. The fourth-order valence-corrected chi connectivity index (χ4v) is 1.16. The third kappa shape index (κ3) is 3.13. The van der Waals surface area contributed by atoms with Gasteiger partial charge in [0.05, 0.1) is 0 Å². The molecule has 1 aromatic rings. The highest BCUT2D eigenvalue weighted by atomic mass is 16.5. The lowest BCUT2D eigenvalue weighted by Gasteiger charge is -2.07. The molecule has 0 aliphatic carbocycles. The van der Waals surface area contributed by atoms with Crippen molar-refractivity contribution in [3.63, 3.8) is 0 Å². The Morgan fingerprint density at radius 2 is 2.27 bits per heavy atom. The first kappa shape index (κ1) is 11.3. The van der Waals surface area contributed by atoms with E-state index in [1.807, 2.05) is 26.0 Å². The molecule has 15 heavy (non-hydrogen) atoms. The van der Waals surface area contributed by atoms with Gasteiger partial charge >= 0.3 is 5.97 Å². The predicted molar refractivity (Wildman–Crippen MR) is 58.4 cm³/mol. The molecule has 0 heterocycles. The highest BCUT2D eigenvalue weighted by molar-refractivity contribution is 5.90. The Hall–Kier alpha value is -1.77. The van der Waals surface area contributed by atoms with E-state index in [1.54, 1.807) is 18.2 Å². The smallest absolute Gasteiger partial charge is 0.339 e. The molecule has 0 bridgehead atoms. The summed E-state index contributed by atoms with van der Waals surface area (Å²) in [6, 6.07) is 5.04. The molecule has 0 saturated carbocycles. The van der Waals surface area contributed by atoms with Crippen LogP contribution in [0, 0.1) is 6.92 Å². The largest absolute Gasteiger partial charge is 0.489 e. The molecular formula is C12H14O3. The van der Waals surface area contributed by atoms with Crippen LogP contribution >= 0.6 is 0 Å². The molecule has 0 saturated heterocycles. The van der Waals surface area contributed by atoms with Gasteiger partial charge in [-0.2, -0.15) is 0 Å². The molecule has 3 heteroatoms. The summed E-state index contributed by atoms with van der Waals surface area (Å²) in [4.78, 5) is 10.9. The summed E-state index contributed by atoms with van der Waals surface area (Å²) in [5.74, 6) is -0.550. The Labute approximate surface area is 89.0 Å². The SMILES string of the molecule is C/C=C/COc1cc(C)ccc1C(=O)O. The van der Waals surface area contributed by atoms with Crippen molar-refractivity contribution in [3.8, 4) is 5.75 Å². The van der Waals surface area contributed by atoms with Gasteiger partial charge in [0.15, 0.2) is 0 Å². The lowest BCUT2D eigenvalue weighted by atomic mass is 10.1. The topological polar surface area (TPSA) is 46.5 Å². The number of benzene rings is 1. The third-order valence-electron chi connectivity index (χ3n) is 1.94. The van der Waals surface area contributed by atoms with E-state index in [9.17, 15) is 4.79 Å². The number of aryl methyl sites for hydroxylation is 1. The average Bonchev–Trinajstić information content (AvgIpc) is 2.18. The van der Waals surface area contributed by atoms with Crippen molar-refractivity contribution in [1.29, 1.82) is 0 Å². The van der Waals surface area contributed by atoms with E-state index in [2.05, 4.69) is 0 Å². The quantitative estimate of drug-likeness (QED) is 0.770. The lowest BCUT2D eigenvalue weighted by Crippen LogP contribution is -2.03. The van der Waals surface area contributed by atoms with Gasteiger partial charge < -0.3 is 9.84 Å². The molecule has 1 rings (SSSR count). The van der Waals surface area contributed by atoms with Crippen molar-refractivity contribution in [2.45, 2.75) is 13.8 Å². The van der Waals surface area contributed by atoms with Gasteiger partial charge in [-0.05, 0) is 31.5 Å². The maximum absolute atomic E-state index is 10.9. The molecule has 0 fully saturated rings. The van der Waals surface area contributed by atoms with Gasteiger partial charge in [0.2, 0.25) is 0 Å². The van der Waals surface area contributed by atoms with E-state index < -0.39 is 5.97 Å². The Morgan fingerprint density at radius 3 is 2.87 bits per heavy atom. The number of carboxylic acid groups (broad SMARTS) is 1. The monoisotopic (exact) mass is 206 g/mol. The first-order chi connectivity index (χ1) is 7.15. The fourth-order valence-electron chi connectivity index (χ4n) is 1.16. The summed E-state index contributed by atoms with van der Waals surface area (Å²) in [7, 11) is 0. The Balaban J connectivity index is 2.91. The summed E-state index contributed by atoms with van der Waals surface area (Å²) in [6.45, 7) is 4.17. The van der Waals surface area contributed by atoms with E-state index in [0.717, 1.165) is 5.56 Å². The predicted octanol–water partition coefficient (Wildman–Crippen LogP) is 2.65. The fraction of sp³-hybridized carbons (Fsp3) is 0.250. The molecule has 1 N–H and O–H groups in total. The Bertz CT molecular complexity index is 380. The number of hydrogen-bond acceptors (Lipinski definition) is 2. The molecule has 80 valence electrons. The molecular weight excluding hydrogens is 192 g/mol. The summed E-state index contributed by atoms with van der Waals surface area (Å²) >= 11 is 0. The number of ether oxygens (including phenoxy) is 1. The molecule has 0 spiro atoms. The van der Waals surface area contributed by atoms with Gasteiger partial charge in [-0.1, -0.05) is 18.2 Å². The van der Waals surface area contributed by atoms with E-state index in [0.29, 0.717) is 12.4 Å². The van der Waals surface area contributed by atoms with Crippen LogP contribution in [0.1, 0.15) is 22.8 Å². The van der Waals surface area contributed by atoms with Crippen molar-refractivity contribution in [1.82, 2.24) is 0 Å². The molecule has 0 aliphatic rings. The molecule has 0 aromatic heterocycles. The van der Waals surface area contributed by atoms with Crippen LogP contribution in [0.3, 0.4) is 0 Å². The van der Waals surface area contributed by atoms with Gasteiger partial charge in [-0.15, -0.1) is 0 Å². The normalized spacial score (nSPS) is 10.5. The van der Waals surface area contributed by atoms with Crippen molar-refractivity contribution < 1.29 is 14.6 Å². The number of hydrogen-bond donors (Lipinski definition) is 1. The number of carbonyl (C=O) groups is 1. The minimum atomic E-state index is -0.967. The summed E-state index contributed by atoms with van der Waals surface area (Å²) in [5.41, 5.74) is 1.18. The van der Waals surface area contributed by atoms with Crippen molar-refractivity contribution in [2.75, 3.05) is 6.61 Å².